The lowest BCUT2D eigenvalue weighted by Crippen LogP contribution is -2.53. The Balaban J connectivity index is 1.36. The molecule has 212 valence electrons. The van der Waals surface area contributed by atoms with Crippen molar-refractivity contribution in [3.05, 3.63) is 0 Å². The fraction of sp³-hybridized carbons (Fsp3) is 0.962. The maximum absolute atomic E-state index is 15.2. The Bertz CT molecular complexity index is 770. The third kappa shape index (κ3) is 6.21. The molecule has 3 aliphatic carbocycles. The average Bonchev–Trinajstić information content (AvgIpc) is 2.78. The molecule has 11 heteroatoms. The SMILES string of the molecule is CC1CCC(C2CC(F)C(C3CC(F)C(C(F)(F)OC4CC(F)C(C#N)C(F)C4)C(F)C3)C(F)C2)OC1. The molecule has 0 N–H and O–H groups in total. The number of hydrogen-bond donors (Lipinski definition) is 0. The third-order valence-corrected chi connectivity index (χ3v) is 8.95. The first kappa shape index (κ1) is 28.8. The Hall–Kier alpha value is -1.15. The highest BCUT2D eigenvalue weighted by Gasteiger charge is 2.58. The maximum atomic E-state index is 15.2. The predicted molar refractivity (Wildman–Crippen MR) is 118 cm³/mol. The number of nitriles is 1. The van der Waals surface area contributed by atoms with Crippen LogP contribution in [0.2, 0.25) is 0 Å². The molecule has 1 saturated heterocycles. The van der Waals surface area contributed by atoms with Crippen LogP contribution in [0, 0.1) is 46.8 Å². The zero-order valence-electron chi connectivity index (χ0n) is 20.7. The lowest BCUT2D eigenvalue weighted by molar-refractivity contribution is -0.323. The summed E-state index contributed by atoms with van der Waals surface area (Å²) in [5.41, 5.74) is 0. The van der Waals surface area contributed by atoms with E-state index in [9.17, 15) is 17.6 Å². The van der Waals surface area contributed by atoms with Crippen molar-refractivity contribution in [2.24, 2.45) is 35.5 Å². The van der Waals surface area contributed by atoms with E-state index in [4.69, 9.17) is 10.00 Å². The van der Waals surface area contributed by atoms with Crippen LogP contribution in [0.5, 0.6) is 0 Å². The predicted octanol–water partition coefficient (Wildman–Crippen LogP) is 6.79. The van der Waals surface area contributed by atoms with Crippen molar-refractivity contribution in [2.75, 3.05) is 6.61 Å². The van der Waals surface area contributed by atoms with E-state index in [1.165, 1.54) is 6.07 Å². The molecule has 0 spiro atoms. The van der Waals surface area contributed by atoms with Crippen LogP contribution in [0.3, 0.4) is 0 Å². The van der Waals surface area contributed by atoms with Gasteiger partial charge < -0.3 is 9.47 Å². The second-order valence-electron chi connectivity index (χ2n) is 11.6. The molecule has 4 rings (SSSR count). The van der Waals surface area contributed by atoms with Gasteiger partial charge in [-0.05, 0) is 56.3 Å². The molecule has 4 aliphatic rings. The summed E-state index contributed by atoms with van der Waals surface area (Å²) in [5.74, 6) is -6.55. The van der Waals surface area contributed by atoms with Gasteiger partial charge in [-0.1, -0.05) is 6.92 Å². The fourth-order valence-electron chi connectivity index (χ4n) is 6.99. The average molecular weight is 546 g/mol. The van der Waals surface area contributed by atoms with E-state index in [0.717, 1.165) is 6.42 Å². The van der Waals surface area contributed by atoms with E-state index in [-0.39, 0.29) is 24.9 Å². The van der Waals surface area contributed by atoms with Crippen molar-refractivity contribution >= 4 is 0 Å². The van der Waals surface area contributed by atoms with Crippen molar-refractivity contribution in [1.29, 1.82) is 5.26 Å². The Labute approximate surface area is 212 Å². The van der Waals surface area contributed by atoms with Crippen LogP contribution in [-0.4, -0.2) is 62.0 Å². The molecule has 3 saturated carbocycles. The molecular weight excluding hydrogens is 510 g/mol. The molecule has 3 nitrogen and oxygen atoms in total. The Morgan fingerprint density at radius 1 is 0.757 bits per heavy atom. The van der Waals surface area contributed by atoms with Crippen LogP contribution in [-0.2, 0) is 9.47 Å². The summed E-state index contributed by atoms with van der Waals surface area (Å²) in [7, 11) is 0. The lowest BCUT2D eigenvalue weighted by Gasteiger charge is -2.46. The van der Waals surface area contributed by atoms with Crippen LogP contribution in [0.4, 0.5) is 35.1 Å². The first-order valence-electron chi connectivity index (χ1n) is 13.3. The molecular formula is C26H35F8NO2. The highest BCUT2D eigenvalue weighted by molar-refractivity contribution is 5.01. The van der Waals surface area contributed by atoms with E-state index in [1.807, 2.05) is 6.92 Å². The second kappa shape index (κ2) is 11.5. The molecule has 8 atom stereocenters. The molecule has 0 aromatic rings. The number of hydrogen-bond acceptors (Lipinski definition) is 3. The number of ether oxygens (including phenoxy) is 2. The molecule has 0 amide bonds. The van der Waals surface area contributed by atoms with Gasteiger partial charge in [0, 0.05) is 25.4 Å². The van der Waals surface area contributed by atoms with Crippen LogP contribution in [0.15, 0.2) is 0 Å². The zero-order valence-corrected chi connectivity index (χ0v) is 20.7. The van der Waals surface area contributed by atoms with Crippen LogP contribution in [0.1, 0.15) is 58.3 Å². The minimum absolute atomic E-state index is 0.00257. The second-order valence-corrected chi connectivity index (χ2v) is 11.6. The number of nitrogens with zero attached hydrogens (tertiary/aromatic N) is 1. The van der Waals surface area contributed by atoms with Gasteiger partial charge in [0.2, 0.25) is 0 Å². The Morgan fingerprint density at radius 3 is 1.78 bits per heavy atom. The van der Waals surface area contributed by atoms with Gasteiger partial charge in [0.05, 0.1) is 18.3 Å². The van der Waals surface area contributed by atoms with Gasteiger partial charge in [-0.3, -0.25) is 0 Å². The Kier molecular flexibility index (Phi) is 8.99. The smallest absolute Gasteiger partial charge is 0.364 e. The van der Waals surface area contributed by atoms with E-state index < -0.39 is 98.6 Å². The minimum atomic E-state index is -4.38. The monoisotopic (exact) mass is 545 g/mol. The molecule has 1 aliphatic heterocycles. The van der Waals surface area contributed by atoms with Gasteiger partial charge in [-0.15, -0.1) is 0 Å². The lowest BCUT2D eigenvalue weighted by atomic mass is 9.65. The van der Waals surface area contributed by atoms with E-state index in [0.29, 0.717) is 18.9 Å². The van der Waals surface area contributed by atoms with Gasteiger partial charge in [0.15, 0.2) is 0 Å². The maximum Gasteiger partial charge on any atom is 0.364 e. The third-order valence-electron chi connectivity index (χ3n) is 8.95. The summed E-state index contributed by atoms with van der Waals surface area (Å²) in [6.07, 6.45) is -19.8. The summed E-state index contributed by atoms with van der Waals surface area (Å²) in [4.78, 5) is 0. The first-order valence-corrected chi connectivity index (χ1v) is 13.3. The molecule has 0 bridgehead atoms. The molecule has 8 unspecified atom stereocenters. The topological polar surface area (TPSA) is 42.2 Å². The molecule has 1 heterocycles. The highest BCUT2D eigenvalue weighted by atomic mass is 19.3. The van der Waals surface area contributed by atoms with Crippen molar-refractivity contribution in [2.45, 2.75) is 114 Å². The van der Waals surface area contributed by atoms with Gasteiger partial charge >= 0.3 is 6.11 Å². The minimum Gasteiger partial charge on any atom is -0.378 e. The van der Waals surface area contributed by atoms with Crippen LogP contribution < -0.4 is 0 Å². The van der Waals surface area contributed by atoms with Gasteiger partial charge in [0.25, 0.3) is 0 Å². The van der Waals surface area contributed by atoms with Crippen LogP contribution in [0.25, 0.3) is 0 Å². The summed E-state index contributed by atoms with van der Waals surface area (Å²) < 4.78 is 128. The quantitative estimate of drug-likeness (QED) is 0.357. The largest absolute Gasteiger partial charge is 0.378 e. The van der Waals surface area contributed by atoms with E-state index in [2.05, 4.69) is 4.74 Å². The standard InChI is InChI=1S/C26H35F8NO2/c1-12-2-3-23(36-11-12)13-4-19(29)24(20(30)5-13)14-6-21(31)25(22(32)7-14)26(33,34)37-15-8-17(27)16(10-35)18(28)9-15/h12-25H,2-9,11H2,1H3. The summed E-state index contributed by atoms with van der Waals surface area (Å²) in [6.45, 7) is 2.55. The normalized spacial score (nSPS) is 49.8. The van der Waals surface area contributed by atoms with Crippen molar-refractivity contribution in [1.82, 2.24) is 0 Å². The van der Waals surface area contributed by atoms with E-state index >= 15 is 17.6 Å². The van der Waals surface area contributed by atoms with Gasteiger partial charge in [-0.25, -0.2) is 26.3 Å². The summed E-state index contributed by atoms with van der Waals surface area (Å²) in [5, 5.41) is 8.81. The van der Waals surface area contributed by atoms with Crippen molar-refractivity contribution < 1.29 is 44.6 Å². The molecule has 4 fully saturated rings. The van der Waals surface area contributed by atoms with Gasteiger partial charge in [0.1, 0.15) is 48.9 Å². The zero-order chi connectivity index (χ0) is 27.1. The Morgan fingerprint density at radius 2 is 1.30 bits per heavy atom. The molecule has 0 aromatic carbocycles. The summed E-state index contributed by atoms with van der Waals surface area (Å²) in [6, 6.07) is 1.45. The van der Waals surface area contributed by atoms with Crippen molar-refractivity contribution in [3.8, 4) is 6.07 Å². The number of alkyl halides is 8. The first-order chi connectivity index (χ1) is 17.4. The van der Waals surface area contributed by atoms with Crippen LogP contribution >= 0.6 is 0 Å². The molecule has 0 radical (unpaired) electrons. The highest BCUT2D eigenvalue weighted by Crippen LogP contribution is 2.50. The summed E-state index contributed by atoms with van der Waals surface area (Å²) >= 11 is 0. The number of halogens is 8. The van der Waals surface area contributed by atoms with Gasteiger partial charge in [-0.2, -0.15) is 14.0 Å². The van der Waals surface area contributed by atoms with E-state index in [1.54, 1.807) is 0 Å². The molecule has 37 heavy (non-hydrogen) atoms. The fourth-order valence-corrected chi connectivity index (χ4v) is 6.99. The number of rotatable bonds is 5. The van der Waals surface area contributed by atoms with Crippen molar-refractivity contribution in [3.63, 3.8) is 0 Å². The molecule has 0 aromatic heterocycles.